The van der Waals surface area contributed by atoms with E-state index in [1.54, 1.807) is 30.0 Å². The molecule has 1 unspecified atom stereocenters. The van der Waals surface area contributed by atoms with Crippen molar-refractivity contribution < 1.29 is 23.9 Å². The summed E-state index contributed by atoms with van der Waals surface area (Å²) in [5.74, 6) is -0.671. The van der Waals surface area contributed by atoms with Crippen LogP contribution in [0.25, 0.3) is 10.9 Å². The molecule has 222 valence electrons. The predicted octanol–water partition coefficient (Wildman–Crippen LogP) is 3.43. The monoisotopic (exact) mass is 594 g/mol. The molecule has 5 rings (SSSR count). The number of imide groups is 1. The Morgan fingerprint density at radius 2 is 1.86 bits per heavy atom. The van der Waals surface area contributed by atoms with Crippen LogP contribution < -0.4 is 16.2 Å². The number of likely N-dealkylation sites (tertiary alicyclic amines) is 1. The van der Waals surface area contributed by atoms with Crippen molar-refractivity contribution in [3.8, 4) is 0 Å². The van der Waals surface area contributed by atoms with E-state index in [4.69, 9.17) is 9.72 Å². The number of rotatable bonds is 5. The number of aromatic nitrogens is 3. The fraction of sp³-hybridized carbons (Fsp3) is 0.483. The molecule has 2 saturated heterocycles. The van der Waals surface area contributed by atoms with Crippen LogP contribution in [0, 0.1) is 6.92 Å². The summed E-state index contributed by atoms with van der Waals surface area (Å²) in [4.78, 5) is 73.7. The van der Waals surface area contributed by atoms with Crippen molar-refractivity contribution in [2.45, 2.75) is 77.4 Å². The Morgan fingerprint density at radius 3 is 2.55 bits per heavy atom. The Morgan fingerprint density at radius 1 is 1.12 bits per heavy atom. The zero-order valence-corrected chi connectivity index (χ0v) is 24.9. The van der Waals surface area contributed by atoms with E-state index < -0.39 is 23.1 Å². The first-order valence-electron chi connectivity index (χ1n) is 14.0. The Kier molecular flexibility index (Phi) is 8.13. The van der Waals surface area contributed by atoms with Crippen molar-refractivity contribution in [3.05, 3.63) is 50.5 Å². The summed E-state index contributed by atoms with van der Waals surface area (Å²) >= 11 is 1.51. The number of thiazole rings is 1. The Balaban J connectivity index is 1.24. The van der Waals surface area contributed by atoms with Crippen LogP contribution >= 0.6 is 11.3 Å². The van der Waals surface area contributed by atoms with E-state index >= 15 is 0 Å². The number of fused-ring (bicyclic) bond motifs is 1. The van der Waals surface area contributed by atoms with Gasteiger partial charge in [-0.1, -0.05) is 6.07 Å². The summed E-state index contributed by atoms with van der Waals surface area (Å²) in [6.07, 6.45) is 1.65. The summed E-state index contributed by atoms with van der Waals surface area (Å²) in [7, 11) is 0. The van der Waals surface area contributed by atoms with Crippen LogP contribution in [0.5, 0.6) is 0 Å². The van der Waals surface area contributed by atoms with Gasteiger partial charge >= 0.3 is 6.09 Å². The lowest BCUT2D eigenvalue weighted by molar-refractivity contribution is -0.135. The van der Waals surface area contributed by atoms with Gasteiger partial charge in [0.25, 0.3) is 5.56 Å². The molecule has 0 aliphatic carbocycles. The SMILES string of the molecule is Cc1nc2c(NC(=O)Cc3csc(C4CCN(C(=O)OC(C)(C)C)CC4)n3)cccc2c(=O)n1C1CCC(=O)NC1=O. The third-order valence-corrected chi connectivity index (χ3v) is 8.37. The van der Waals surface area contributed by atoms with Crippen LogP contribution in [0.1, 0.15) is 74.9 Å². The van der Waals surface area contributed by atoms with Gasteiger partial charge in [0, 0.05) is 30.8 Å². The molecule has 0 saturated carbocycles. The fourth-order valence-corrected chi connectivity index (χ4v) is 6.30. The molecule has 13 heteroatoms. The summed E-state index contributed by atoms with van der Waals surface area (Å²) in [6, 6.07) is 4.10. The number of piperidine rings is 2. The van der Waals surface area contributed by atoms with Gasteiger partial charge < -0.3 is 15.0 Å². The number of anilines is 1. The average Bonchev–Trinajstić information content (AvgIpc) is 3.38. The zero-order chi connectivity index (χ0) is 30.2. The van der Waals surface area contributed by atoms with Crippen LogP contribution in [-0.2, 0) is 25.5 Å². The van der Waals surface area contributed by atoms with Gasteiger partial charge in [0.1, 0.15) is 23.0 Å². The molecule has 2 aliphatic heterocycles. The smallest absolute Gasteiger partial charge is 0.410 e. The molecule has 3 aromatic rings. The van der Waals surface area contributed by atoms with Crippen LogP contribution in [0.2, 0.25) is 0 Å². The number of carbonyl (C=O) groups excluding carboxylic acids is 4. The molecule has 2 aromatic heterocycles. The minimum Gasteiger partial charge on any atom is -0.444 e. The van der Waals surface area contributed by atoms with Gasteiger partial charge in [-0.25, -0.2) is 14.8 Å². The number of hydrogen-bond acceptors (Lipinski definition) is 9. The molecule has 0 spiro atoms. The molecule has 12 nitrogen and oxygen atoms in total. The molecule has 2 aliphatic rings. The molecule has 4 heterocycles. The number of nitrogens with one attached hydrogen (secondary N) is 2. The highest BCUT2D eigenvalue weighted by atomic mass is 32.1. The average molecular weight is 595 g/mol. The number of hydrogen-bond donors (Lipinski definition) is 2. The summed E-state index contributed by atoms with van der Waals surface area (Å²) < 4.78 is 6.79. The van der Waals surface area contributed by atoms with Gasteiger partial charge in [-0.05, 0) is 59.1 Å². The highest BCUT2D eigenvalue weighted by Gasteiger charge is 2.31. The maximum atomic E-state index is 13.4. The lowest BCUT2D eigenvalue weighted by Gasteiger charge is -2.32. The van der Waals surface area contributed by atoms with Gasteiger partial charge in [0.15, 0.2) is 0 Å². The van der Waals surface area contributed by atoms with E-state index in [-0.39, 0.29) is 48.5 Å². The maximum absolute atomic E-state index is 13.4. The highest BCUT2D eigenvalue weighted by molar-refractivity contribution is 7.09. The van der Waals surface area contributed by atoms with Crippen molar-refractivity contribution >= 4 is 51.7 Å². The van der Waals surface area contributed by atoms with Gasteiger partial charge in [0.05, 0.1) is 28.2 Å². The number of para-hydroxylation sites is 1. The molecule has 2 N–H and O–H groups in total. The third kappa shape index (κ3) is 6.35. The maximum Gasteiger partial charge on any atom is 0.410 e. The predicted molar refractivity (Wildman–Crippen MR) is 156 cm³/mol. The second-order valence-corrected chi connectivity index (χ2v) is 12.5. The quantitative estimate of drug-likeness (QED) is 0.426. The molecule has 1 aromatic carbocycles. The minimum absolute atomic E-state index is 0.0516. The molecule has 4 amide bonds. The van der Waals surface area contributed by atoms with E-state index in [1.165, 1.54) is 15.9 Å². The van der Waals surface area contributed by atoms with Crippen molar-refractivity contribution in [1.29, 1.82) is 0 Å². The normalized spacial score (nSPS) is 18.2. The lowest BCUT2D eigenvalue weighted by Crippen LogP contribution is -2.45. The largest absolute Gasteiger partial charge is 0.444 e. The van der Waals surface area contributed by atoms with Crippen molar-refractivity contribution in [3.63, 3.8) is 0 Å². The summed E-state index contributed by atoms with van der Waals surface area (Å²) in [5, 5.41) is 8.22. The van der Waals surface area contributed by atoms with Gasteiger partial charge in [-0.2, -0.15) is 0 Å². The number of ether oxygens (including phenoxy) is 1. The highest BCUT2D eigenvalue weighted by Crippen LogP contribution is 2.31. The molecule has 1 atom stereocenters. The van der Waals surface area contributed by atoms with Crippen LogP contribution in [0.4, 0.5) is 10.5 Å². The first-order chi connectivity index (χ1) is 19.9. The van der Waals surface area contributed by atoms with Crippen molar-refractivity contribution in [2.75, 3.05) is 18.4 Å². The Bertz CT molecular complexity index is 1610. The summed E-state index contributed by atoms with van der Waals surface area (Å²) in [5.41, 5.74) is 0.413. The van der Waals surface area contributed by atoms with Crippen LogP contribution in [0.15, 0.2) is 28.4 Å². The topological polar surface area (TPSA) is 153 Å². The molecule has 42 heavy (non-hydrogen) atoms. The standard InChI is InChI=1S/C29H34N6O6S/c1-16-30-24-19(27(39)35(16)21-8-9-22(36)33-25(21)38)6-5-7-20(24)32-23(37)14-18-15-42-26(31-18)17-10-12-34(13-11-17)28(40)41-29(2,3)4/h5-7,15,17,21H,8-14H2,1-4H3,(H,32,37)(H,33,36,38). The number of carbonyl (C=O) groups is 4. The van der Waals surface area contributed by atoms with Crippen LogP contribution in [0.3, 0.4) is 0 Å². The first kappa shape index (κ1) is 29.4. The van der Waals surface area contributed by atoms with E-state index in [2.05, 4.69) is 15.6 Å². The Hall–Kier alpha value is -4.13. The zero-order valence-electron chi connectivity index (χ0n) is 24.1. The second kappa shape index (κ2) is 11.6. The van der Waals surface area contributed by atoms with E-state index in [0.29, 0.717) is 35.8 Å². The van der Waals surface area contributed by atoms with Gasteiger partial charge in [0.2, 0.25) is 17.7 Å². The third-order valence-electron chi connectivity index (χ3n) is 7.31. The molecular weight excluding hydrogens is 560 g/mol. The minimum atomic E-state index is -0.825. The Labute approximate surface area is 246 Å². The van der Waals surface area contributed by atoms with Gasteiger partial charge in [-0.15, -0.1) is 11.3 Å². The lowest BCUT2D eigenvalue weighted by atomic mass is 9.98. The van der Waals surface area contributed by atoms with E-state index in [1.807, 2.05) is 26.2 Å². The number of aryl methyl sites for hydroxylation is 1. The first-order valence-corrected chi connectivity index (χ1v) is 14.8. The number of nitrogens with zero attached hydrogens (tertiary/aromatic N) is 4. The molecular formula is C29H34N6O6S. The molecule has 2 fully saturated rings. The van der Waals surface area contributed by atoms with Crippen molar-refractivity contribution in [1.82, 2.24) is 24.8 Å². The molecule has 0 radical (unpaired) electrons. The fourth-order valence-electron chi connectivity index (χ4n) is 5.31. The van der Waals surface area contributed by atoms with E-state index in [0.717, 1.165) is 17.8 Å². The number of benzene rings is 1. The van der Waals surface area contributed by atoms with Crippen molar-refractivity contribution in [2.24, 2.45) is 0 Å². The number of amides is 4. The van der Waals surface area contributed by atoms with E-state index in [9.17, 15) is 24.0 Å². The second-order valence-electron chi connectivity index (χ2n) is 11.6. The van der Waals surface area contributed by atoms with Gasteiger partial charge in [-0.3, -0.25) is 29.1 Å². The van der Waals surface area contributed by atoms with Crippen LogP contribution in [-0.4, -0.2) is 61.9 Å². The molecule has 0 bridgehead atoms. The summed E-state index contributed by atoms with van der Waals surface area (Å²) in [6.45, 7) is 8.36.